The summed E-state index contributed by atoms with van der Waals surface area (Å²) in [6, 6.07) is 0. The molecule has 0 bridgehead atoms. The van der Waals surface area contributed by atoms with Gasteiger partial charge in [0.15, 0.2) is 0 Å². The van der Waals surface area contributed by atoms with Crippen LogP contribution in [0.4, 0.5) is 0 Å². The van der Waals surface area contributed by atoms with Gasteiger partial charge in [-0.15, -0.1) is 11.6 Å². The summed E-state index contributed by atoms with van der Waals surface area (Å²) in [6.45, 7) is 15.4. The van der Waals surface area contributed by atoms with Crippen LogP contribution < -0.4 is 0 Å². The highest BCUT2D eigenvalue weighted by atomic mass is 35.5. The first-order valence-electron chi connectivity index (χ1n) is 7.56. The van der Waals surface area contributed by atoms with Crippen LogP contribution in [-0.4, -0.2) is 29.1 Å². The molecule has 0 aliphatic carbocycles. The summed E-state index contributed by atoms with van der Waals surface area (Å²) >= 11 is 5.74. The molecule has 21 heavy (non-hydrogen) atoms. The highest BCUT2D eigenvalue weighted by molar-refractivity contribution is 6.70. The molecule has 0 spiro atoms. The van der Waals surface area contributed by atoms with Gasteiger partial charge in [0, 0.05) is 5.88 Å². The molecule has 3 nitrogen and oxygen atoms in total. The van der Waals surface area contributed by atoms with Crippen LogP contribution in [0.3, 0.4) is 0 Å². The number of unbranched alkanes of at least 4 members (excludes halogenated alkanes) is 1. The standard InChI is InChI=1S/C15H31ClO3Si2/c1-8-17-15(19-21(5,6)7)13-14(11-9-10-12-16)18-20(2,3)4/h11,13H,8-10,12H2,1-7H3/b14-11+,15-13+. The summed E-state index contributed by atoms with van der Waals surface area (Å²) in [6.07, 6.45) is 5.79. The minimum atomic E-state index is -1.71. The van der Waals surface area contributed by atoms with E-state index < -0.39 is 16.6 Å². The van der Waals surface area contributed by atoms with Crippen molar-refractivity contribution in [2.45, 2.75) is 59.0 Å². The summed E-state index contributed by atoms with van der Waals surface area (Å²) < 4.78 is 17.7. The van der Waals surface area contributed by atoms with E-state index in [-0.39, 0.29) is 0 Å². The first-order chi connectivity index (χ1) is 9.57. The molecule has 0 N–H and O–H groups in total. The minimum absolute atomic E-state index is 0.562. The number of halogens is 1. The smallest absolute Gasteiger partial charge is 0.268 e. The first kappa shape index (κ1) is 20.6. The van der Waals surface area contributed by atoms with Crippen LogP contribution in [-0.2, 0) is 13.6 Å². The van der Waals surface area contributed by atoms with Crippen molar-refractivity contribution in [3.05, 3.63) is 23.9 Å². The summed E-state index contributed by atoms with van der Waals surface area (Å²) in [5.74, 6) is 2.05. The molecule has 0 aliphatic rings. The van der Waals surface area contributed by atoms with E-state index in [1.807, 2.05) is 13.0 Å². The highest BCUT2D eigenvalue weighted by Gasteiger charge is 2.21. The van der Waals surface area contributed by atoms with Crippen molar-refractivity contribution in [1.82, 2.24) is 0 Å². The van der Waals surface area contributed by atoms with Crippen LogP contribution in [0.5, 0.6) is 0 Å². The molecule has 0 aromatic heterocycles. The molecule has 0 heterocycles. The van der Waals surface area contributed by atoms with E-state index in [0.29, 0.717) is 18.4 Å². The average Bonchev–Trinajstić information content (AvgIpc) is 2.25. The Balaban J connectivity index is 5.15. The number of allylic oxidation sites excluding steroid dienone is 2. The first-order valence-corrected chi connectivity index (χ1v) is 14.9. The lowest BCUT2D eigenvalue weighted by Crippen LogP contribution is -2.27. The third kappa shape index (κ3) is 13.0. The lowest BCUT2D eigenvalue weighted by Gasteiger charge is -2.24. The number of hydrogen-bond donors (Lipinski definition) is 0. The molecule has 0 fully saturated rings. The molecule has 124 valence electrons. The molecule has 0 unspecified atom stereocenters. The van der Waals surface area contributed by atoms with E-state index >= 15 is 0 Å². The predicted octanol–water partition coefficient (Wildman–Crippen LogP) is 5.47. The van der Waals surface area contributed by atoms with Gasteiger partial charge in [0.1, 0.15) is 5.76 Å². The summed E-state index contributed by atoms with van der Waals surface area (Å²) in [4.78, 5) is 0. The van der Waals surface area contributed by atoms with Crippen LogP contribution in [0.1, 0.15) is 19.8 Å². The van der Waals surface area contributed by atoms with Crippen molar-refractivity contribution >= 4 is 28.2 Å². The molecule has 0 amide bonds. The fourth-order valence-electron chi connectivity index (χ4n) is 1.47. The van der Waals surface area contributed by atoms with Gasteiger partial charge in [-0.05, 0) is 65.1 Å². The third-order valence-corrected chi connectivity index (χ3v) is 3.99. The number of alkyl halides is 1. The van der Waals surface area contributed by atoms with E-state index in [2.05, 4.69) is 45.4 Å². The van der Waals surface area contributed by atoms with Crippen molar-refractivity contribution in [2.24, 2.45) is 0 Å². The van der Waals surface area contributed by atoms with Gasteiger partial charge in [0.25, 0.3) is 5.95 Å². The zero-order valence-electron chi connectivity index (χ0n) is 14.6. The SMILES string of the molecule is CCO/C(=C\C(=C/CCCCl)O[Si](C)(C)C)O[Si](C)(C)C. The van der Waals surface area contributed by atoms with Crippen LogP contribution in [0.25, 0.3) is 0 Å². The van der Waals surface area contributed by atoms with Crippen LogP contribution in [0.15, 0.2) is 23.9 Å². The van der Waals surface area contributed by atoms with Gasteiger partial charge in [-0.25, -0.2) is 0 Å². The molecule has 0 aliphatic heterocycles. The van der Waals surface area contributed by atoms with Gasteiger partial charge in [0.05, 0.1) is 12.7 Å². The molecular formula is C15H31ClO3Si2. The van der Waals surface area contributed by atoms with Gasteiger partial charge >= 0.3 is 0 Å². The second-order valence-corrected chi connectivity index (χ2v) is 16.0. The Morgan fingerprint density at radius 3 is 2.00 bits per heavy atom. The van der Waals surface area contributed by atoms with E-state index in [1.54, 1.807) is 0 Å². The zero-order valence-corrected chi connectivity index (χ0v) is 17.3. The maximum absolute atomic E-state index is 6.11. The van der Waals surface area contributed by atoms with E-state index in [0.717, 1.165) is 18.6 Å². The summed E-state index contributed by atoms with van der Waals surface area (Å²) in [5, 5.41) is 0. The van der Waals surface area contributed by atoms with Crippen molar-refractivity contribution in [2.75, 3.05) is 12.5 Å². The zero-order chi connectivity index (χ0) is 16.5. The van der Waals surface area contributed by atoms with Crippen molar-refractivity contribution in [1.29, 1.82) is 0 Å². The highest BCUT2D eigenvalue weighted by Crippen LogP contribution is 2.18. The Hall–Kier alpha value is -0.396. The molecule has 0 saturated heterocycles. The Bertz CT molecular complexity index is 355. The van der Waals surface area contributed by atoms with Gasteiger partial charge in [0.2, 0.25) is 16.6 Å². The molecule has 0 atom stereocenters. The molecule has 0 saturated carbocycles. The fourth-order valence-corrected chi connectivity index (χ4v) is 3.19. The lowest BCUT2D eigenvalue weighted by molar-refractivity contribution is 0.111. The molecular weight excluding hydrogens is 320 g/mol. The number of rotatable bonds is 10. The van der Waals surface area contributed by atoms with E-state index in [1.165, 1.54) is 0 Å². The van der Waals surface area contributed by atoms with Gasteiger partial charge in [-0.2, -0.15) is 0 Å². The second-order valence-electron chi connectivity index (χ2n) is 6.76. The molecule has 0 rings (SSSR count). The predicted molar refractivity (Wildman–Crippen MR) is 96.6 cm³/mol. The molecule has 6 heteroatoms. The molecule has 0 radical (unpaired) electrons. The van der Waals surface area contributed by atoms with Crippen molar-refractivity contribution < 1.29 is 13.6 Å². The number of hydrogen-bond acceptors (Lipinski definition) is 3. The van der Waals surface area contributed by atoms with E-state index in [4.69, 9.17) is 25.2 Å². The lowest BCUT2D eigenvalue weighted by atomic mass is 10.3. The van der Waals surface area contributed by atoms with Gasteiger partial charge < -0.3 is 13.6 Å². The minimum Gasteiger partial charge on any atom is -0.544 e. The number of ether oxygens (including phenoxy) is 1. The molecule has 0 aromatic carbocycles. The van der Waals surface area contributed by atoms with Crippen LogP contribution >= 0.6 is 11.6 Å². The summed E-state index contributed by atoms with van der Waals surface area (Å²) in [5.41, 5.74) is 0. The molecule has 0 aromatic rings. The monoisotopic (exact) mass is 350 g/mol. The maximum Gasteiger partial charge on any atom is 0.268 e. The van der Waals surface area contributed by atoms with Gasteiger partial charge in [-0.1, -0.05) is 0 Å². The van der Waals surface area contributed by atoms with E-state index in [9.17, 15) is 0 Å². The second kappa shape index (κ2) is 9.59. The van der Waals surface area contributed by atoms with Crippen LogP contribution in [0.2, 0.25) is 39.3 Å². The van der Waals surface area contributed by atoms with Crippen molar-refractivity contribution in [3.8, 4) is 0 Å². The summed E-state index contributed by atoms with van der Waals surface area (Å²) in [7, 11) is -3.38. The van der Waals surface area contributed by atoms with Gasteiger partial charge in [-0.3, -0.25) is 0 Å². The van der Waals surface area contributed by atoms with Crippen molar-refractivity contribution in [3.63, 3.8) is 0 Å². The Morgan fingerprint density at radius 2 is 1.57 bits per heavy atom. The maximum atomic E-state index is 6.11. The Labute approximate surface area is 137 Å². The largest absolute Gasteiger partial charge is 0.544 e. The average molecular weight is 351 g/mol. The topological polar surface area (TPSA) is 27.7 Å². The quantitative estimate of drug-likeness (QED) is 0.172. The fraction of sp³-hybridized carbons (Fsp3) is 0.733. The Morgan fingerprint density at radius 1 is 1.00 bits per heavy atom. The third-order valence-electron chi connectivity index (χ3n) is 2.06. The normalized spacial score (nSPS) is 14.1. The Kier molecular flexibility index (Phi) is 9.41. The van der Waals surface area contributed by atoms with Crippen LogP contribution in [0, 0.1) is 0 Å².